The Morgan fingerprint density at radius 3 is 2.89 bits per heavy atom. The first-order chi connectivity index (χ1) is 8.56. The molecule has 0 heterocycles. The number of halogens is 2. The van der Waals surface area contributed by atoms with Crippen molar-refractivity contribution in [3.05, 3.63) is 34.6 Å². The van der Waals surface area contributed by atoms with E-state index < -0.39 is 5.82 Å². The summed E-state index contributed by atoms with van der Waals surface area (Å²) in [5.41, 5.74) is 0.767. The first kappa shape index (κ1) is 13.3. The van der Waals surface area contributed by atoms with Gasteiger partial charge in [-0.05, 0) is 37.5 Å². The Balaban J connectivity index is 1.82. The summed E-state index contributed by atoms with van der Waals surface area (Å²) in [6.45, 7) is 2.23. The summed E-state index contributed by atoms with van der Waals surface area (Å²) < 4.78 is 13.2. The Hall–Kier alpha value is -1.13. The first-order valence-electron chi connectivity index (χ1n) is 6.04. The number of nitrogens with one attached hydrogen (secondary N) is 2. The molecule has 2 N–H and O–H groups in total. The highest BCUT2D eigenvalue weighted by atomic mass is 35.5. The fourth-order valence-corrected chi connectivity index (χ4v) is 1.68. The normalized spacial score (nSPS) is 16.4. The van der Waals surface area contributed by atoms with E-state index in [1.165, 1.54) is 12.1 Å². The SMILES string of the molecule is CC(NCc1ccc(Cl)c(F)c1)C(=O)NC1CC1. The van der Waals surface area contributed by atoms with Gasteiger partial charge in [0.05, 0.1) is 11.1 Å². The van der Waals surface area contributed by atoms with Crippen molar-refractivity contribution < 1.29 is 9.18 Å². The van der Waals surface area contributed by atoms with Crippen LogP contribution in [0.25, 0.3) is 0 Å². The molecule has 1 fully saturated rings. The van der Waals surface area contributed by atoms with E-state index in [2.05, 4.69) is 10.6 Å². The monoisotopic (exact) mass is 270 g/mol. The fourth-order valence-electron chi connectivity index (χ4n) is 1.57. The van der Waals surface area contributed by atoms with Crippen molar-refractivity contribution in [2.45, 2.75) is 38.4 Å². The number of rotatable bonds is 5. The zero-order valence-corrected chi connectivity index (χ0v) is 10.9. The molecule has 1 aliphatic carbocycles. The molecule has 0 radical (unpaired) electrons. The van der Waals surface area contributed by atoms with Crippen molar-refractivity contribution in [2.24, 2.45) is 0 Å². The summed E-state index contributed by atoms with van der Waals surface area (Å²) in [4.78, 5) is 11.7. The zero-order chi connectivity index (χ0) is 13.1. The van der Waals surface area contributed by atoms with Gasteiger partial charge in [-0.15, -0.1) is 0 Å². The van der Waals surface area contributed by atoms with Crippen LogP contribution in [0.4, 0.5) is 4.39 Å². The summed E-state index contributed by atoms with van der Waals surface area (Å²) in [5, 5.41) is 6.08. The Morgan fingerprint density at radius 1 is 1.56 bits per heavy atom. The van der Waals surface area contributed by atoms with Crippen LogP contribution in [0.3, 0.4) is 0 Å². The van der Waals surface area contributed by atoms with E-state index in [4.69, 9.17) is 11.6 Å². The number of hydrogen-bond donors (Lipinski definition) is 2. The van der Waals surface area contributed by atoms with Gasteiger partial charge in [0.15, 0.2) is 0 Å². The maximum atomic E-state index is 13.2. The third-order valence-corrected chi connectivity index (χ3v) is 3.22. The van der Waals surface area contributed by atoms with Gasteiger partial charge in [-0.1, -0.05) is 17.7 Å². The van der Waals surface area contributed by atoms with Crippen LogP contribution in [0.5, 0.6) is 0 Å². The third-order valence-electron chi connectivity index (χ3n) is 2.91. The topological polar surface area (TPSA) is 41.1 Å². The summed E-state index contributed by atoms with van der Waals surface area (Å²) in [5.74, 6) is -0.446. The molecule has 3 nitrogen and oxygen atoms in total. The molecule has 1 atom stereocenters. The number of carbonyl (C=O) groups excluding carboxylic acids is 1. The molecule has 5 heteroatoms. The van der Waals surface area contributed by atoms with Gasteiger partial charge in [-0.25, -0.2) is 4.39 Å². The van der Waals surface area contributed by atoms with Gasteiger partial charge >= 0.3 is 0 Å². The van der Waals surface area contributed by atoms with Crippen LogP contribution in [0.2, 0.25) is 5.02 Å². The van der Waals surface area contributed by atoms with Crippen LogP contribution >= 0.6 is 11.6 Å². The molecule has 1 saturated carbocycles. The van der Waals surface area contributed by atoms with E-state index in [0.29, 0.717) is 12.6 Å². The fraction of sp³-hybridized carbons (Fsp3) is 0.462. The smallest absolute Gasteiger partial charge is 0.237 e. The van der Waals surface area contributed by atoms with E-state index >= 15 is 0 Å². The molecule has 0 aromatic heterocycles. The summed E-state index contributed by atoms with van der Waals surface area (Å²) in [7, 11) is 0. The standard InChI is InChI=1S/C13H16ClFN2O/c1-8(13(18)17-10-3-4-10)16-7-9-2-5-11(14)12(15)6-9/h2,5-6,8,10,16H,3-4,7H2,1H3,(H,17,18). The second-order valence-electron chi connectivity index (χ2n) is 4.63. The van der Waals surface area contributed by atoms with Crippen LogP contribution in [0, 0.1) is 5.82 Å². The molecule has 1 unspecified atom stereocenters. The molecule has 1 amide bonds. The van der Waals surface area contributed by atoms with Gasteiger partial charge in [0.25, 0.3) is 0 Å². The largest absolute Gasteiger partial charge is 0.352 e. The Morgan fingerprint density at radius 2 is 2.28 bits per heavy atom. The van der Waals surface area contributed by atoms with Gasteiger partial charge in [0, 0.05) is 12.6 Å². The zero-order valence-electron chi connectivity index (χ0n) is 10.2. The molecule has 1 aromatic carbocycles. The van der Waals surface area contributed by atoms with Crippen LogP contribution in [-0.2, 0) is 11.3 Å². The molecule has 1 aromatic rings. The van der Waals surface area contributed by atoms with Gasteiger partial charge in [-0.2, -0.15) is 0 Å². The highest BCUT2D eigenvalue weighted by Gasteiger charge is 2.25. The van der Waals surface area contributed by atoms with E-state index in [9.17, 15) is 9.18 Å². The van der Waals surface area contributed by atoms with Gasteiger partial charge < -0.3 is 10.6 Å². The predicted molar refractivity (Wildman–Crippen MR) is 68.9 cm³/mol. The average Bonchev–Trinajstić information content (AvgIpc) is 3.14. The minimum Gasteiger partial charge on any atom is -0.352 e. The maximum Gasteiger partial charge on any atom is 0.237 e. The van der Waals surface area contributed by atoms with E-state index in [1.807, 2.05) is 0 Å². The predicted octanol–water partition coefficient (Wildman–Crippen LogP) is 2.24. The van der Waals surface area contributed by atoms with E-state index in [-0.39, 0.29) is 17.0 Å². The molecule has 0 spiro atoms. The van der Waals surface area contributed by atoms with Gasteiger partial charge in [-0.3, -0.25) is 4.79 Å². The Bertz CT molecular complexity index is 449. The Kier molecular flexibility index (Phi) is 4.19. The van der Waals surface area contributed by atoms with Crippen molar-refractivity contribution in [1.82, 2.24) is 10.6 Å². The summed E-state index contributed by atoms with van der Waals surface area (Å²) in [6.07, 6.45) is 2.14. The van der Waals surface area contributed by atoms with Crippen molar-refractivity contribution in [3.8, 4) is 0 Å². The molecule has 0 bridgehead atoms. The van der Waals surface area contributed by atoms with Gasteiger partial charge in [0.1, 0.15) is 5.82 Å². The molecular weight excluding hydrogens is 255 g/mol. The number of hydrogen-bond acceptors (Lipinski definition) is 2. The number of amides is 1. The maximum absolute atomic E-state index is 13.2. The van der Waals surface area contributed by atoms with E-state index in [0.717, 1.165) is 18.4 Å². The lowest BCUT2D eigenvalue weighted by Gasteiger charge is -2.13. The lowest BCUT2D eigenvalue weighted by Crippen LogP contribution is -2.42. The minimum atomic E-state index is -0.439. The second kappa shape index (κ2) is 5.67. The van der Waals surface area contributed by atoms with Crippen LogP contribution < -0.4 is 10.6 Å². The molecule has 0 saturated heterocycles. The lowest BCUT2D eigenvalue weighted by molar-refractivity contribution is -0.122. The highest BCUT2D eigenvalue weighted by Crippen LogP contribution is 2.18. The minimum absolute atomic E-state index is 0.00747. The Labute approximate surface area is 111 Å². The van der Waals surface area contributed by atoms with E-state index in [1.54, 1.807) is 13.0 Å². The van der Waals surface area contributed by atoms with Crippen LogP contribution in [0.1, 0.15) is 25.3 Å². The second-order valence-corrected chi connectivity index (χ2v) is 5.04. The van der Waals surface area contributed by atoms with Gasteiger partial charge in [0.2, 0.25) is 5.91 Å². The average molecular weight is 271 g/mol. The third kappa shape index (κ3) is 3.68. The quantitative estimate of drug-likeness (QED) is 0.862. The lowest BCUT2D eigenvalue weighted by atomic mass is 10.2. The molecule has 1 aliphatic rings. The summed E-state index contributed by atoms with van der Waals surface area (Å²) in [6, 6.07) is 4.70. The first-order valence-corrected chi connectivity index (χ1v) is 6.42. The van der Waals surface area contributed by atoms with Crippen molar-refractivity contribution >= 4 is 17.5 Å². The van der Waals surface area contributed by atoms with Crippen LogP contribution in [-0.4, -0.2) is 18.0 Å². The number of benzene rings is 1. The molecule has 98 valence electrons. The van der Waals surface area contributed by atoms with Crippen LogP contribution in [0.15, 0.2) is 18.2 Å². The van der Waals surface area contributed by atoms with Crippen molar-refractivity contribution in [3.63, 3.8) is 0 Å². The molecule has 18 heavy (non-hydrogen) atoms. The van der Waals surface area contributed by atoms with Crippen molar-refractivity contribution in [1.29, 1.82) is 0 Å². The highest BCUT2D eigenvalue weighted by molar-refractivity contribution is 6.30. The van der Waals surface area contributed by atoms with Crippen molar-refractivity contribution in [2.75, 3.05) is 0 Å². The summed E-state index contributed by atoms with van der Waals surface area (Å²) >= 11 is 5.60. The molecule has 2 rings (SSSR count). The molecular formula is C13H16ClFN2O. The molecule has 0 aliphatic heterocycles. The number of carbonyl (C=O) groups is 1.